The van der Waals surface area contributed by atoms with Gasteiger partial charge in [-0.3, -0.25) is 24.6 Å². The predicted molar refractivity (Wildman–Crippen MR) is 109 cm³/mol. The van der Waals surface area contributed by atoms with Gasteiger partial charge in [-0.05, 0) is 36.5 Å². The molecule has 3 heterocycles. The molecule has 0 atom stereocenters. The first-order valence-corrected chi connectivity index (χ1v) is 9.49. The molecule has 148 valence electrons. The van der Waals surface area contributed by atoms with Crippen molar-refractivity contribution in [3.8, 4) is 0 Å². The van der Waals surface area contributed by atoms with Crippen LogP contribution in [0.2, 0.25) is 0 Å². The number of piperazine rings is 1. The highest BCUT2D eigenvalue weighted by Gasteiger charge is 2.35. The van der Waals surface area contributed by atoms with Crippen molar-refractivity contribution in [3.63, 3.8) is 0 Å². The number of carbonyl (C=O) groups is 3. The molecular formula is C20H18N4O4S. The van der Waals surface area contributed by atoms with Crippen molar-refractivity contribution in [2.45, 2.75) is 0 Å². The highest BCUT2D eigenvalue weighted by atomic mass is 32.1. The molecule has 1 N–H and O–H groups in total. The van der Waals surface area contributed by atoms with Gasteiger partial charge < -0.3 is 14.2 Å². The number of benzene rings is 1. The summed E-state index contributed by atoms with van der Waals surface area (Å²) in [4.78, 5) is 42.5. The maximum Gasteiger partial charge on any atom is 0.289 e. The van der Waals surface area contributed by atoms with Gasteiger partial charge in [0.05, 0.1) is 12.0 Å². The van der Waals surface area contributed by atoms with Gasteiger partial charge in [-0.1, -0.05) is 18.2 Å². The third-order valence-electron chi connectivity index (χ3n) is 4.76. The quantitative estimate of drug-likeness (QED) is 0.467. The minimum absolute atomic E-state index is 0.00765. The molecule has 0 saturated carbocycles. The van der Waals surface area contributed by atoms with Gasteiger partial charge in [0, 0.05) is 32.4 Å². The van der Waals surface area contributed by atoms with Gasteiger partial charge in [-0.2, -0.15) is 0 Å². The van der Waals surface area contributed by atoms with Crippen molar-refractivity contribution in [1.29, 1.82) is 0 Å². The van der Waals surface area contributed by atoms with Crippen molar-refractivity contribution in [2.75, 3.05) is 31.1 Å². The molecule has 1 aromatic carbocycles. The van der Waals surface area contributed by atoms with Crippen LogP contribution in [0.15, 0.2) is 64.9 Å². The number of furan rings is 1. The van der Waals surface area contributed by atoms with Crippen LogP contribution in [-0.4, -0.2) is 58.8 Å². The number of hydrogen-bond donors (Lipinski definition) is 1. The van der Waals surface area contributed by atoms with Gasteiger partial charge in [-0.25, -0.2) is 0 Å². The first-order valence-electron chi connectivity index (χ1n) is 9.08. The molecule has 0 bridgehead atoms. The van der Waals surface area contributed by atoms with E-state index in [1.807, 2.05) is 11.0 Å². The largest absolute Gasteiger partial charge is 0.459 e. The lowest BCUT2D eigenvalue weighted by atomic mass is 10.1. The Hall–Kier alpha value is -3.46. The zero-order valence-electron chi connectivity index (χ0n) is 15.4. The Morgan fingerprint density at radius 1 is 1.03 bits per heavy atom. The average Bonchev–Trinajstić information content (AvgIpc) is 3.27. The molecule has 1 aromatic heterocycles. The molecule has 9 heteroatoms. The van der Waals surface area contributed by atoms with Crippen molar-refractivity contribution >= 4 is 40.7 Å². The minimum Gasteiger partial charge on any atom is -0.459 e. The lowest BCUT2D eigenvalue weighted by molar-refractivity contribution is -0.122. The van der Waals surface area contributed by atoms with Crippen LogP contribution >= 0.6 is 12.2 Å². The number of carbonyl (C=O) groups excluding carboxylic acids is 3. The van der Waals surface area contributed by atoms with E-state index in [0.29, 0.717) is 37.6 Å². The lowest BCUT2D eigenvalue weighted by Gasteiger charge is -2.35. The van der Waals surface area contributed by atoms with Gasteiger partial charge in [0.15, 0.2) is 10.9 Å². The topological polar surface area (TPSA) is 86.1 Å². The normalized spacial score (nSPS) is 19.0. The summed E-state index contributed by atoms with van der Waals surface area (Å²) in [6.07, 6.45) is 3.01. The fraction of sp³-hybridized carbons (Fsp3) is 0.200. The molecule has 3 amide bonds. The summed E-state index contributed by atoms with van der Waals surface area (Å²) < 4.78 is 5.16. The molecule has 0 radical (unpaired) electrons. The van der Waals surface area contributed by atoms with E-state index in [9.17, 15) is 14.4 Å². The summed E-state index contributed by atoms with van der Waals surface area (Å²) >= 11 is 5.18. The molecule has 29 heavy (non-hydrogen) atoms. The Morgan fingerprint density at radius 3 is 2.41 bits per heavy atom. The van der Waals surface area contributed by atoms with Crippen LogP contribution < -0.4 is 10.2 Å². The van der Waals surface area contributed by atoms with Crippen LogP contribution in [0.3, 0.4) is 0 Å². The molecule has 4 rings (SSSR count). The molecule has 2 aromatic rings. The van der Waals surface area contributed by atoms with Gasteiger partial charge >= 0.3 is 0 Å². The summed E-state index contributed by atoms with van der Waals surface area (Å²) in [6, 6.07) is 12.2. The predicted octanol–water partition coefficient (Wildman–Crippen LogP) is 1.37. The summed E-state index contributed by atoms with van der Waals surface area (Å²) in [5, 5.41) is 2.62. The number of rotatable bonds is 3. The smallest absolute Gasteiger partial charge is 0.289 e. The first-order chi connectivity index (χ1) is 14.0. The first kappa shape index (κ1) is 18.9. The molecule has 2 aliphatic rings. The summed E-state index contributed by atoms with van der Waals surface area (Å²) in [7, 11) is 0. The van der Waals surface area contributed by atoms with Crippen molar-refractivity contribution < 1.29 is 18.8 Å². The third kappa shape index (κ3) is 3.77. The fourth-order valence-corrected chi connectivity index (χ4v) is 3.53. The maximum absolute atomic E-state index is 13.0. The SMILES string of the molecule is O=C1NC(=S)N(c2ccccc2)C(=O)/C1=C/N1CCN(C(=O)c2ccco2)CC1. The molecule has 2 saturated heterocycles. The zero-order valence-corrected chi connectivity index (χ0v) is 16.2. The second kappa shape index (κ2) is 7.88. The van der Waals surface area contributed by atoms with Crippen LogP contribution in [0, 0.1) is 0 Å². The minimum atomic E-state index is -0.527. The van der Waals surface area contributed by atoms with E-state index in [-0.39, 0.29) is 16.6 Å². The summed E-state index contributed by atoms with van der Waals surface area (Å²) in [6.45, 7) is 1.90. The second-order valence-corrected chi connectivity index (χ2v) is 6.97. The fourth-order valence-electron chi connectivity index (χ4n) is 3.25. The molecule has 2 aliphatic heterocycles. The van der Waals surface area contributed by atoms with Crippen molar-refractivity contribution in [3.05, 3.63) is 66.3 Å². The van der Waals surface area contributed by atoms with E-state index < -0.39 is 11.8 Å². The van der Waals surface area contributed by atoms with E-state index in [4.69, 9.17) is 16.6 Å². The van der Waals surface area contributed by atoms with E-state index in [1.165, 1.54) is 11.2 Å². The van der Waals surface area contributed by atoms with E-state index in [0.717, 1.165) is 0 Å². The Bertz CT molecular complexity index is 979. The Kier molecular flexibility index (Phi) is 5.13. The molecular weight excluding hydrogens is 392 g/mol. The number of hydrogen-bond acceptors (Lipinski definition) is 6. The van der Waals surface area contributed by atoms with Crippen molar-refractivity contribution in [2.24, 2.45) is 0 Å². The number of nitrogens with zero attached hydrogens (tertiary/aromatic N) is 3. The van der Waals surface area contributed by atoms with Gasteiger partial charge in [-0.15, -0.1) is 0 Å². The number of anilines is 1. The van der Waals surface area contributed by atoms with E-state index >= 15 is 0 Å². The molecule has 2 fully saturated rings. The van der Waals surface area contributed by atoms with Gasteiger partial charge in [0.2, 0.25) is 0 Å². The van der Waals surface area contributed by atoms with Gasteiger partial charge in [0.1, 0.15) is 5.57 Å². The van der Waals surface area contributed by atoms with Crippen molar-refractivity contribution in [1.82, 2.24) is 15.1 Å². The Morgan fingerprint density at radius 2 is 1.76 bits per heavy atom. The Labute approximate surface area is 172 Å². The zero-order chi connectivity index (χ0) is 20.4. The van der Waals surface area contributed by atoms with E-state index in [1.54, 1.807) is 47.5 Å². The Balaban J connectivity index is 1.47. The van der Waals surface area contributed by atoms with E-state index in [2.05, 4.69) is 5.32 Å². The molecule has 8 nitrogen and oxygen atoms in total. The highest BCUT2D eigenvalue weighted by molar-refractivity contribution is 7.80. The maximum atomic E-state index is 13.0. The standard InChI is InChI=1S/C20H18N4O4S/c25-17-15(18(26)24(20(29)21-17)14-5-2-1-3-6-14)13-22-8-10-23(11-9-22)19(27)16-7-4-12-28-16/h1-7,12-13H,8-11H2,(H,21,25,29)/b15-13+. The molecule has 0 spiro atoms. The lowest BCUT2D eigenvalue weighted by Crippen LogP contribution is -2.55. The number of amides is 3. The third-order valence-corrected chi connectivity index (χ3v) is 5.05. The van der Waals surface area contributed by atoms with Crippen LogP contribution in [0.25, 0.3) is 0 Å². The van der Waals surface area contributed by atoms with Crippen LogP contribution in [0.1, 0.15) is 10.6 Å². The van der Waals surface area contributed by atoms with Gasteiger partial charge in [0.25, 0.3) is 17.7 Å². The van der Waals surface area contributed by atoms with Crippen LogP contribution in [0.4, 0.5) is 5.69 Å². The molecule has 0 unspecified atom stereocenters. The number of para-hydroxylation sites is 1. The summed E-state index contributed by atoms with van der Waals surface area (Å²) in [5.74, 6) is -0.875. The number of thiocarbonyl (C=S) groups is 1. The monoisotopic (exact) mass is 410 g/mol. The molecule has 0 aliphatic carbocycles. The average molecular weight is 410 g/mol. The van der Waals surface area contributed by atoms with Crippen LogP contribution in [0.5, 0.6) is 0 Å². The second-order valence-electron chi connectivity index (χ2n) is 6.58. The highest BCUT2D eigenvalue weighted by Crippen LogP contribution is 2.21. The van der Waals surface area contributed by atoms with Crippen LogP contribution in [-0.2, 0) is 9.59 Å². The number of nitrogens with one attached hydrogen (secondary N) is 1. The summed E-state index contributed by atoms with van der Waals surface area (Å²) in [5.41, 5.74) is 0.593.